The molecule has 0 aliphatic rings. The number of non-ortho nitro benzene ring substituents is 1. The van der Waals surface area contributed by atoms with Crippen LogP contribution >= 0.6 is 0 Å². The Morgan fingerprint density at radius 3 is 1.78 bits per heavy atom. The maximum absolute atomic E-state index is 10.5. The van der Waals surface area contributed by atoms with Gasteiger partial charge in [0.05, 0.1) is 11.5 Å². The predicted octanol–water partition coefficient (Wildman–Crippen LogP) is 4.87. The van der Waals surface area contributed by atoms with E-state index in [1.165, 1.54) is 50.7 Å². The molecule has 5 nitrogen and oxygen atoms in total. The fraction of sp³-hybridized carbons (Fsp3) is 0.667. The lowest BCUT2D eigenvalue weighted by molar-refractivity contribution is -0.384. The minimum Gasteiger partial charge on any atom is -0.494 e. The summed E-state index contributed by atoms with van der Waals surface area (Å²) in [6.07, 6.45) is 11.9. The van der Waals surface area contributed by atoms with E-state index in [-0.39, 0.29) is 5.69 Å². The van der Waals surface area contributed by atoms with E-state index >= 15 is 0 Å². The number of rotatable bonds is 14. The molecular formula is C18H29NO4. The van der Waals surface area contributed by atoms with Crippen LogP contribution in [0.2, 0.25) is 0 Å². The van der Waals surface area contributed by atoms with Gasteiger partial charge in [-0.3, -0.25) is 10.1 Å². The number of ether oxygens (including phenoxy) is 1. The molecule has 0 spiro atoms. The average Bonchev–Trinajstić information content (AvgIpc) is 2.56. The van der Waals surface area contributed by atoms with Crippen molar-refractivity contribution in [3.63, 3.8) is 0 Å². The highest BCUT2D eigenvalue weighted by molar-refractivity contribution is 5.35. The number of hydrogen-bond acceptors (Lipinski definition) is 4. The lowest BCUT2D eigenvalue weighted by Crippen LogP contribution is -1.97. The molecule has 0 aliphatic heterocycles. The van der Waals surface area contributed by atoms with Crippen molar-refractivity contribution in [1.29, 1.82) is 0 Å². The number of aliphatic hydroxyl groups is 1. The second-order valence-corrected chi connectivity index (χ2v) is 5.86. The zero-order valence-electron chi connectivity index (χ0n) is 13.9. The predicted molar refractivity (Wildman–Crippen MR) is 91.8 cm³/mol. The topological polar surface area (TPSA) is 72.6 Å². The molecule has 0 bridgehead atoms. The smallest absolute Gasteiger partial charge is 0.269 e. The van der Waals surface area contributed by atoms with E-state index in [0.717, 1.165) is 25.7 Å². The van der Waals surface area contributed by atoms with Gasteiger partial charge in [-0.25, -0.2) is 0 Å². The minimum atomic E-state index is -0.406. The van der Waals surface area contributed by atoms with Crippen LogP contribution in [0.25, 0.3) is 0 Å². The molecule has 1 rings (SSSR count). The Morgan fingerprint density at radius 1 is 0.826 bits per heavy atom. The van der Waals surface area contributed by atoms with Gasteiger partial charge in [-0.15, -0.1) is 0 Å². The molecule has 0 saturated carbocycles. The van der Waals surface area contributed by atoms with Gasteiger partial charge in [0.15, 0.2) is 0 Å². The Balaban J connectivity index is 1.90. The van der Waals surface area contributed by atoms with Gasteiger partial charge in [0.1, 0.15) is 5.75 Å². The molecule has 0 aliphatic carbocycles. The van der Waals surface area contributed by atoms with Crippen LogP contribution in [0.3, 0.4) is 0 Å². The molecule has 0 heterocycles. The molecular weight excluding hydrogens is 294 g/mol. The number of benzene rings is 1. The van der Waals surface area contributed by atoms with Crippen LogP contribution in [0.4, 0.5) is 5.69 Å². The number of hydrogen-bond donors (Lipinski definition) is 1. The van der Waals surface area contributed by atoms with Gasteiger partial charge in [-0.05, 0) is 25.0 Å². The first-order valence-corrected chi connectivity index (χ1v) is 8.72. The van der Waals surface area contributed by atoms with Crippen molar-refractivity contribution < 1.29 is 14.8 Å². The fourth-order valence-corrected chi connectivity index (χ4v) is 2.48. The van der Waals surface area contributed by atoms with Crippen molar-refractivity contribution in [1.82, 2.24) is 0 Å². The Morgan fingerprint density at radius 2 is 1.30 bits per heavy atom. The van der Waals surface area contributed by atoms with Crippen LogP contribution in [0.15, 0.2) is 24.3 Å². The second-order valence-electron chi connectivity index (χ2n) is 5.86. The number of nitrogens with zero attached hydrogens (tertiary/aromatic N) is 1. The van der Waals surface area contributed by atoms with Crippen LogP contribution in [-0.2, 0) is 0 Å². The van der Waals surface area contributed by atoms with Crippen molar-refractivity contribution in [3.8, 4) is 5.75 Å². The summed E-state index contributed by atoms with van der Waals surface area (Å²) in [5.41, 5.74) is 0.0914. The standard InChI is InChI=1S/C18H29NO4/c20-15-9-7-5-3-1-2-4-6-8-10-16-23-18-13-11-17(12-14-18)19(21)22/h11-14,20H,1-10,15-16H2. The maximum Gasteiger partial charge on any atom is 0.269 e. The number of nitro groups is 1. The van der Waals surface area contributed by atoms with Crippen molar-refractivity contribution in [3.05, 3.63) is 34.4 Å². The molecule has 1 aromatic carbocycles. The molecule has 0 amide bonds. The monoisotopic (exact) mass is 323 g/mol. The van der Waals surface area contributed by atoms with E-state index in [4.69, 9.17) is 9.84 Å². The lowest BCUT2D eigenvalue weighted by Gasteiger charge is -2.06. The van der Waals surface area contributed by atoms with Gasteiger partial charge in [-0.2, -0.15) is 0 Å². The minimum absolute atomic E-state index is 0.0914. The second kappa shape index (κ2) is 12.9. The zero-order valence-corrected chi connectivity index (χ0v) is 13.9. The molecule has 0 atom stereocenters. The third kappa shape index (κ3) is 9.89. The van der Waals surface area contributed by atoms with Crippen LogP contribution in [0.1, 0.15) is 64.2 Å². The molecule has 5 heteroatoms. The van der Waals surface area contributed by atoms with Gasteiger partial charge < -0.3 is 9.84 Å². The molecule has 0 aromatic heterocycles. The van der Waals surface area contributed by atoms with Crippen LogP contribution in [0, 0.1) is 10.1 Å². The third-order valence-electron chi connectivity index (χ3n) is 3.87. The summed E-state index contributed by atoms with van der Waals surface area (Å²) in [6, 6.07) is 6.23. The van der Waals surface area contributed by atoms with E-state index in [1.807, 2.05) is 0 Å². The van der Waals surface area contributed by atoms with E-state index < -0.39 is 4.92 Å². The molecule has 0 saturated heterocycles. The van der Waals surface area contributed by atoms with Crippen LogP contribution in [0.5, 0.6) is 5.75 Å². The van der Waals surface area contributed by atoms with E-state index in [1.54, 1.807) is 12.1 Å². The van der Waals surface area contributed by atoms with Gasteiger partial charge >= 0.3 is 0 Å². The maximum atomic E-state index is 10.5. The summed E-state index contributed by atoms with van der Waals surface area (Å²) < 4.78 is 5.58. The molecule has 23 heavy (non-hydrogen) atoms. The number of aliphatic hydroxyl groups excluding tert-OH is 1. The van der Waals surface area contributed by atoms with E-state index in [0.29, 0.717) is 19.0 Å². The Kier molecular flexibility index (Phi) is 10.9. The highest BCUT2D eigenvalue weighted by Crippen LogP contribution is 2.17. The van der Waals surface area contributed by atoms with E-state index in [9.17, 15) is 10.1 Å². The summed E-state index contributed by atoms with van der Waals surface area (Å²) in [7, 11) is 0. The lowest BCUT2D eigenvalue weighted by atomic mass is 10.1. The van der Waals surface area contributed by atoms with E-state index in [2.05, 4.69) is 0 Å². The SMILES string of the molecule is O=[N+]([O-])c1ccc(OCCCCCCCCCCCCO)cc1. The first-order valence-electron chi connectivity index (χ1n) is 8.72. The van der Waals surface area contributed by atoms with Crippen LogP contribution < -0.4 is 4.74 Å². The summed E-state index contributed by atoms with van der Waals surface area (Å²) in [5.74, 6) is 0.693. The first kappa shape index (κ1) is 19.4. The van der Waals surface area contributed by atoms with Crippen molar-refractivity contribution in [2.75, 3.05) is 13.2 Å². The molecule has 0 unspecified atom stereocenters. The average molecular weight is 323 g/mol. The summed E-state index contributed by atoms with van der Waals surface area (Å²) >= 11 is 0. The summed E-state index contributed by atoms with van der Waals surface area (Å²) in [4.78, 5) is 10.1. The molecule has 0 radical (unpaired) electrons. The number of unbranched alkanes of at least 4 members (excludes halogenated alkanes) is 9. The summed E-state index contributed by atoms with van der Waals surface area (Å²) in [6.45, 7) is 0.987. The third-order valence-corrected chi connectivity index (χ3v) is 3.87. The molecule has 0 fully saturated rings. The largest absolute Gasteiger partial charge is 0.494 e. The highest BCUT2D eigenvalue weighted by Gasteiger charge is 2.03. The first-order chi connectivity index (χ1) is 11.2. The van der Waals surface area contributed by atoms with Gasteiger partial charge in [0.2, 0.25) is 0 Å². The zero-order chi connectivity index (χ0) is 16.8. The number of nitro benzene ring substituents is 1. The van der Waals surface area contributed by atoms with Crippen molar-refractivity contribution in [2.45, 2.75) is 64.2 Å². The molecule has 130 valence electrons. The Bertz CT molecular complexity index is 420. The van der Waals surface area contributed by atoms with Gasteiger partial charge in [0, 0.05) is 18.7 Å². The van der Waals surface area contributed by atoms with Crippen molar-refractivity contribution >= 4 is 5.69 Å². The van der Waals surface area contributed by atoms with Crippen LogP contribution in [-0.4, -0.2) is 23.2 Å². The molecule has 1 N–H and O–H groups in total. The Hall–Kier alpha value is -1.62. The summed E-state index contributed by atoms with van der Waals surface area (Å²) in [5, 5.41) is 19.2. The normalized spacial score (nSPS) is 10.7. The van der Waals surface area contributed by atoms with Gasteiger partial charge in [-0.1, -0.05) is 51.4 Å². The molecule has 1 aromatic rings. The Labute approximate surface area is 138 Å². The van der Waals surface area contributed by atoms with Crippen molar-refractivity contribution in [2.24, 2.45) is 0 Å². The quantitative estimate of drug-likeness (QED) is 0.301. The highest BCUT2D eigenvalue weighted by atomic mass is 16.6. The fourth-order valence-electron chi connectivity index (χ4n) is 2.48. The van der Waals surface area contributed by atoms with Gasteiger partial charge in [0.25, 0.3) is 5.69 Å².